The fraction of sp³-hybridized carbons (Fsp3) is 0.229. The largest absolute Gasteiger partial charge is 0.497 e. The molecule has 2 aromatic heterocycles. The van der Waals surface area contributed by atoms with Crippen molar-refractivity contribution in [3.8, 4) is 23.0 Å². The SMILES string of the molecule is COc1ccc(CN(Cc2ccc(OC)cc2)c2nc(-c3ccc(C)o3)c3c(n2)N(Cc2ccc(F)cc2C(F)(F)F)C(=O)C3)cc1. The monoisotopic (exact) mass is 646 g/mol. The molecule has 0 saturated heterocycles. The number of methoxy groups -OCH3 is 2. The molecule has 0 saturated carbocycles. The lowest BCUT2D eigenvalue weighted by Crippen LogP contribution is -2.29. The summed E-state index contributed by atoms with van der Waals surface area (Å²) in [5.41, 5.74) is 1.19. The van der Waals surface area contributed by atoms with E-state index in [0.717, 1.165) is 23.3 Å². The van der Waals surface area contributed by atoms with Crippen LogP contribution < -0.4 is 19.3 Å². The maximum absolute atomic E-state index is 13.9. The van der Waals surface area contributed by atoms with Crippen molar-refractivity contribution in [3.05, 3.63) is 118 Å². The molecule has 1 amide bonds. The molecule has 6 rings (SSSR count). The van der Waals surface area contributed by atoms with Crippen LogP contribution in [-0.2, 0) is 37.0 Å². The van der Waals surface area contributed by atoms with E-state index < -0.39 is 30.0 Å². The summed E-state index contributed by atoms with van der Waals surface area (Å²) in [4.78, 5) is 26.3. The predicted octanol–water partition coefficient (Wildman–Crippen LogP) is 7.52. The minimum Gasteiger partial charge on any atom is -0.497 e. The Kier molecular flexibility index (Phi) is 8.59. The first-order chi connectivity index (χ1) is 22.5. The molecular formula is C35H30F4N4O4. The zero-order valence-electron chi connectivity index (χ0n) is 25.8. The number of fused-ring (bicyclic) bond motifs is 1. The van der Waals surface area contributed by atoms with Gasteiger partial charge in [-0.3, -0.25) is 9.69 Å². The van der Waals surface area contributed by atoms with E-state index in [1.807, 2.05) is 53.4 Å². The minimum absolute atomic E-state index is 0.149. The number of alkyl halides is 3. The van der Waals surface area contributed by atoms with Gasteiger partial charge in [-0.05, 0) is 72.1 Å². The summed E-state index contributed by atoms with van der Waals surface area (Å²) in [6.07, 6.45) is -4.98. The molecule has 12 heteroatoms. The van der Waals surface area contributed by atoms with Gasteiger partial charge in [-0.2, -0.15) is 18.2 Å². The maximum Gasteiger partial charge on any atom is 0.416 e. The number of nitrogens with zero attached hydrogens (tertiary/aromatic N) is 4. The van der Waals surface area contributed by atoms with Crippen molar-refractivity contribution in [2.75, 3.05) is 24.0 Å². The number of benzene rings is 3. The zero-order chi connectivity index (χ0) is 33.3. The van der Waals surface area contributed by atoms with Gasteiger partial charge < -0.3 is 18.8 Å². The lowest BCUT2D eigenvalue weighted by Gasteiger charge is -2.26. The molecule has 0 bridgehead atoms. The van der Waals surface area contributed by atoms with E-state index in [-0.39, 0.29) is 23.8 Å². The van der Waals surface area contributed by atoms with Crippen molar-refractivity contribution in [1.29, 1.82) is 0 Å². The fourth-order valence-corrected chi connectivity index (χ4v) is 5.50. The van der Waals surface area contributed by atoms with Crippen LogP contribution in [0.25, 0.3) is 11.5 Å². The summed E-state index contributed by atoms with van der Waals surface area (Å²) >= 11 is 0. The lowest BCUT2D eigenvalue weighted by molar-refractivity contribution is -0.138. The number of halogens is 4. The summed E-state index contributed by atoms with van der Waals surface area (Å²) in [6, 6.07) is 20.9. The summed E-state index contributed by atoms with van der Waals surface area (Å²) in [7, 11) is 3.16. The van der Waals surface area contributed by atoms with Gasteiger partial charge in [0, 0.05) is 18.7 Å². The van der Waals surface area contributed by atoms with Crippen molar-refractivity contribution in [3.63, 3.8) is 0 Å². The number of hydrogen-bond donors (Lipinski definition) is 0. The number of carbonyl (C=O) groups excluding carboxylic acids is 1. The van der Waals surface area contributed by atoms with Gasteiger partial charge in [0.05, 0.1) is 32.7 Å². The van der Waals surface area contributed by atoms with Crippen molar-refractivity contribution < 1.29 is 36.2 Å². The summed E-state index contributed by atoms with van der Waals surface area (Å²) in [5.74, 6) is 1.28. The average molecular weight is 647 g/mol. The number of anilines is 2. The standard InChI is InChI=1S/C35H30F4N4O4/c1-21-4-15-30(47-21)32-28-17-31(44)43(20-24-9-10-25(36)16-29(24)35(37,38)39)33(28)41-34(40-32)42(18-22-5-11-26(45-2)12-6-22)19-23-7-13-27(46-3)14-8-23/h4-16H,17-20H2,1-3H3. The van der Waals surface area contributed by atoms with Gasteiger partial charge in [0.1, 0.15) is 34.6 Å². The molecule has 0 spiro atoms. The Morgan fingerprint density at radius 3 is 2.02 bits per heavy atom. The Bertz CT molecular complexity index is 1860. The highest BCUT2D eigenvalue weighted by atomic mass is 19.4. The number of amides is 1. The number of rotatable bonds is 10. The molecule has 1 aliphatic heterocycles. The van der Waals surface area contributed by atoms with Crippen molar-refractivity contribution in [2.24, 2.45) is 0 Å². The van der Waals surface area contributed by atoms with Gasteiger partial charge in [-0.15, -0.1) is 0 Å². The van der Waals surface area contributed by atoms with Gasteiger partial charge in [-0.25, -0.2) is 9.37 Å². The molecule has 0 N–H and O–H groups in total. The second kappa shape index (κ2) is 12.8. The van der Waals surface area contributed by atoms with E-state index in [9.17, 15) is 22.4 Å². The van der Waals surface area contributed by atoms with Crippen LogP contribution >= 0.6 is 0 Å². The van der Waals surface area contributed by atoms with Crippen molar-refractivity contribution in [1.82, 2.24) is 9.97 Å². The normalized spacial score (nSPS) is 12.7. The molecule has 242 valence electrons. The molecule has 0 radical (unpaired) electrons. The Balaban J connectivity index is 1.47. The summed E-state index contributed by atoms with van der Waals surface area (Å²) in [6.45, 7) is 1.99. The predicted molar refractivity (Wildman–Crippen MR) is 167 cm³/mol. The molecule has 5 aromatic rings. The Morgan fingerprint density at radius 1 is 0.872 bits per heavy atom. The van der Waals surface area contributed by atoms with Crippen LogP contribution in [0, 0.1) is 12.7 Å². The van der Waals surface area contributed by atoms with Crippen molar-refractivity contribution >= 4 is 17.7 Å². The highest BCUT2D eigenvalue weighted by molar-refractivity contribution is 6.02. The van der Waals surface area contributed by atoms with Gasteiger partial charge in [0.2, 0.25) is 11.9 Å². The van der Waals surface area contributed by atoms with Crippen LogP contribution in [0.2, 0.25) is 0 Å². The quantitative estimate of drug-likeness (QED) is 0.145. The second-order valence-corrected chi connectivity index (χ2v) is 11.1. The second-order valence-electron chi connectivity index (χ2n) is 11.1. The number of furan rings is 1. The molecule has 1 aliphatic rings. The number of hydrogen-bond acceptors (Lipinski definition) is 7. The van der Waals surface area contributed by atoms with Gasteiger partial charge >= 0.3 is 6.18 Å². The summed E-state index contributed by atoms with van der Waals surface area (Å²) < 4.78 is 72.2. The average Bonchev–Trinajstić information content (AvgIpc) is 3.63. The molecule has 0 fully saturated rings. The minimum atomic E-state index is -4.83. The number of ether oxygens (including phenoxy) is 2. The van der Waals surface area contributed by atoms with Crippen LogP contribution in [0.15, 0.2) is 83.3 Å². The maximum atomic E-state index is 13.9. The van der Waals surface area contributed by atoms with E-state index in [0.29, 0.717) is 53.4 Å². The Labute approximate surface area is 268 Å². The molecule has 3 heterocycles. The van der Waals surface area contributed by atoms with Crippen LogP contribution in [0.1, 0.15) is 33.6 Å². The molecule has 8 nitrogen and oxygen atoms in total. The highest BCUT2D eigenvalue weighted by Crippen LogP contribution is 2.40. The van der Waals surface area contributed by atoms with Gasteiger partial charge in [0.25, 0.3) is 0 Å². The molecule has 0 aliphatic carbocycles. The first-order valence-electron chi connectivity index (χ1n) is 14.7. The fourth-order valence-electron chi connectivity index (χ4n) is 5.50. The van der Waals surface area contributed by atoms with Crippen molar-refractivity contribution in [2.45, 2.75) is 39.2 Å². The third-order valence-electron chi connectivity index (χ3n) is 7.89. The molecular weight excluding hydrogens is 616 g/mol. The summed E-state index contributed by atoms with van der Waals surface area (Å²) in [5, 5.41) is 0. The number of carbonyl (C=O) groups is 1. The number of aryl methyl sites for hydroxylation is 1. The Hall–Kier alpha value is -5.39. The molecule has 47 heavy (non-hydrogen) atoms. The van der Waals surface area contributed by atoms with Gasteiger partial charge in [-0.1, -0.05) is 30.3 Å². The van der Waals surface area contributed by atoms with Crippen LogP contribution in [-0.4, -0.2) is 30.1 Å². The van der Waals surface area contributed by atoms with Crippen LogP contribution in [0.4, 0.5) is 29.3 Å². The lowest BCUT2D eigenvalue weighted by atomic mass is 10.1. The third kappa shape index (κ3) is 6.76. The van der Waals surface area contributed by atoms with Crippen LogP contribution in [0.5, 0.6) is 11.5 Å². The van der Waals surface area contributed by atoms with Crippen LogP contribution in [0.3, 0.4) is 0 Å². The molecule has 3 aromatic carbocycles. The third-order valence-corrected chi connectivity index (χ3v) is 7.89. The highest BCUT2D eigenvalue weighted by Gasteiger charge is 2.38. The Morgan fingerprint density at radius 2 is 1.49 bits per heavy atom. The van der Waals surface area contributed by atoms with Gasteiger partial charge in [0.15, 0.2) is 5.76 Å². The van der Waals surface area contributed by atoms with E-state index in [1.165, 1.54) is 4.90 Å². The molecule has 0 atom stereocenters. The zero-order valence-corrected chi connectivity index (χ0v) is 25.8. The first-order valence-corrected chi connectivity index (χ1v) is 14.7. The van der Waals surface area contributed by atoms with E-state index >= 15 is 0 Å². The first kappa shape index (κ1) is 31.6. The molecule has 0 unspecified atom stereocenters. The van der Waals surface area contributed by atoms with E-state index in [1.54, 1.807) is 33.3 Å². The topological polar surface area (TPSA) is 80.9 Å². The van der Waals surface area contributed by atoms with E-state index in [4.69, 9.17) is 23.9 Å². The van der Waals surface area contributed by atoms with E-state index in [2.05, 4.69) is 0 Å². The smallest absolute Gasteiger partial charge is 0.416 e. The number of aromatic nitrogens is 2.